The fourth-order valence-corrected chi connectivity index (χ4v) is 2.82. The number of hydrogen-bond acceptors (Lipinski definition) is 7. The number of ether oxygens (including phenoxy) is 2. The molecule has 8 nitrogen and oxygen atoms in total. The molecule has 1 heterocycles. The smallest absolute Gasteiger partial charge is 0.407 e. The van der Waals surface area contributed by atoms with E-state index in [1.807, 2.05) is 19.1 Å². The number of aromatic nitrogens is 1. The normalized spacial score (nSPS) is 11.4. The fraction of sp³-hybridized carbons (Fsp3) is 0.364. The van der Waals surface area contributed by atoms with E-state index in [2.05, 4.69) is 27.3 Å². The van der Waals surface area contributed by atoms with E-state index in [4.69, 9.17) is 9.47 Å². The quantitative estimate of drug-likeness (QED) is 0.406. The highest BCUT2D eigenvalue weighted by molar-refractivity contribution is 5.96. The van der Waals surface area contributed by atoms with Crippen molar-refractivity contribution in [1.29, 1.82) is 0 Å². The molecule has 1 amide bonds. The number of hydrogen-bond donors (Lipinski definition) is 2. The molecule has 160 valence electrons. The van der Waals surface area contributed by atoms with Crippen LogP contribution in [0.5, 0.6) is 0 Å². The number of benzene rings is 1. The van der Waals surface area contributed by atoms with Crippen molar-refractivity contribution in [2.24, 2.45) is 4.99 Å². The lowest BCUT2D eigenvalue weighted by atomic mass is 10.0. The maximum atomic E-state index is 11.9. The van der Waals surface area contributed by atoms with Crippen LogP contribution in [0.2, 0.25) is 0 Å². The number of aliphatic imine (C=N–C) groups is 1. The third kappa shape index (κ3) is 6.04. The number of carbonyl (C=O) groups is 2. The van der Waals surface area contributed by atoms with Gasteiger partial charge in [-0.15, -0.1) is 0 Å². The number of aryl methyl sites for hydroxylation is 1. The first kappa shape index (κ1) is 22.9. The molecular weight excluding hydrogens is 384 g/mol. The fourth-order valence-electron chi connectivity index (χ4n) is 2.82. The van der Waals surface area contributed by atoms with Crippen LogP contribution in [0.1, 0.15) is 42.3 Å². The number of pyridine rings is 1. The molecule has 0 aliphatic rings. The summed E-state index contributed by atoms with van der Waals surface area (Å²) in [4.78, 5) is 32.1. The molecule has 2 aromatic rings. The summed E-state index contributed by atoms with van der Waals surface area (Å²) in [5.74, 6) is 0.181. The van der Waals surface area contributed by atoms with Gasteiger partial charge in [0.15, 0.2) is 0 Å². The van der Waals surface area contributed by atoms with Crippen molar-refractivity contribution in [2.75, 3.05) is 25.5 Å². The Kier molecular flexibility index (Phi) is 7.52. The first-order chi connectivity index (χ1) is 14.2. The van der Waals surface area contributed by atoms with E-state index in [1.54, 1.807) is 39.1 Å². The molecule has 1 aromatic carbocycles. The van der Waals surface area contributed by atoms with Gasteiger partial charge in [0.25, 0.3) is 0 Å². The van der Waals surface area contributed by atoms with E-state index >= 15 is 0 Å². The summed E-state index contributed by atoms with van der Waals surface area (Å²) >= 11 is 0. The van der Waals surface area contributed by atoms with Gasteiger partial charge in [-0.3, -0.25) is 4.99 Å². The molecule has 0 saturated heterocycles. The van der Waals surface area contributed by atoms with Crippen LogP contribution >= 0.6 is 0 Å². The Bertz CT molecular complexity index is 977. The molecule has 0 aliphatic heterocycles. The van der Waals surface area contributed by atoms with Gasteiger partial charge in [-0.2, -0.15) is 0 Å². The summed E-state index contributed by atoms with van der Waals surface area (Å²) in [6.07, 6.45) is 2.92. The van der Waals surface area contributed by atoms with Crippen LogP contribution in [0.25, 0.3) is 17.0 Å². The molecule has 2 rings (SSSR count). The summed E-state index contributed by atoms with van der Waals surface area (Å²) in [7, 11) is 1.34. The zero-order valence-electron chi connectivity index (χ0n) is 18.0. The lowest BCUT2D eigenvalue weighted by Crippen LogP contribution is -2.35. The maximum absolute atomic E-state index is 11.9. The molecule has 0 aliphatic carbocycles. The third-order valence-corrected chi connectivity index (χ3v) is 4.15. The number of fused-ring (bicyclic) bond motifs is 1. The van der Waals surface area contributed by atoms with E-state index < -0.39 is 17.7 Å². The highest BCUT2D eigenvalue weighted by atomic mass is 16.6. The molecule has 0 radical (unpaired) electrons. The Labute approximate surface area is 176 Å². The maximum Gasteiger partial charge on any atom is 0.407 e. The number of amides is 1. The van der Waals surface area contributed by atoms with Crippen molar-refractivity contribution >= 4 is 41.6 Å². The minimum absolute atomic E-state index is 0.346. The van der Waals surface area contributed by atoms with Gasteiger partial charge in [0.1, 0.15) is 11.4 Å². The Morgan fingerprint density at radius 2 is 2.00 bits per heavy atom. The summed E-state index contributed by atoms with van der Waals surface area (Å²) in [5, 5.41) is 6.83. The molecule has 0 bridgehead atoms. The topological polar surface area (TPSA) is 102 Å². The van der Waals surface area contributed by atoms with Crippen LogP contribution in [0.3, 0.4) is 0 Å². The molecule has 1 aromatic heterocycles. The van der Waals surface area contributed by atoms with Crippen LogP contribution in [-0.4, -0.2) is 49.6 Å². The molecule has 0 atom stereocenters. The van der Waals surface area contributed by atoms with Gasteiger partial charge < -0.3 is 20.1 Å². The number of esters is 1. The molecule has 0 saturated carbocycles. The number of alkyl carbamates (subject to hydrolysis) is 1. The minimum Gasteiger partial charge on any atom is -0.465 e. The number of nitrogens with one attached hydrogen (secondary N) is 2. The van der Waals surface area contributed by atoms with Crippen molar-refractivity contribution in [3.05, 3.63) is 41.1 Å². The van der Waals surface area contributed by atoms with E-state index in [0.29, 0.717) is 30.0 Å². The van der Waals surface area contributed by atoms with E-state index in [0.717, 1.165) is 16.5 Å². The Balaban J connectivity index is 2.26. The monoisotopic (exact) mass is 412 g/mol. The summed E-state index contributed by atoms with van der Waals surface area (Å²) in [6.45, 7) is 11.6. The van der Waals surface area contributed by atoms with Crippen LogP contribution < -0.4 is 10.6 Å². The predicted molar refractivity (Wildman–Crippen MR) is 119 cm³/mol. The Morgan fingerprint density at radius 3 is 2.63 bits per heavy atom. The summed E-state index contributed by atoms with van der Waals surface area (Å²) in [5.41, 5.74) is 2.34. The second-order valence-electron chi connectivity index (χ2n) is 7.58. The van der Waals surface area contributed by atoms with E-state index in [1.165, 1.54) is 7.11 Å². The van der Waals surface area contributed by atoms with E-state index in [-0.39, 0.29) is 0 Å². The van der Waals surface area contributed by atoms with Crippen molar-refractivity contribution in [1.82, 2.24) is 10.3 Å². The van der Waals surface area contributed by atoms with Crippen LogP contribution in [0.4, 0.5) is 10.6 Å². The summed E-state index contributed by atoms with van der Waals surface area (Å²) < 4.78 is 10.0. The van der Waals surface area contributed by atoms with Gasteiger partial charge in [-0.05, 0) is 58.2 Å². The molecular formula is C22H28N4O4. The van der Waals surface area contributed by atoms with Gasteiger partial charge in [-0.25, -0.2) is 14.6 Å². The molecule has 2 N–H and O–H groups in total. The van der Waals surface area contributed by atoms with Gasteiger partial charge in [0, 0.05) is 30.2 Å². The largest absolute Gasteiger partial charge is 0.465 e. The first-order valence-corrected chi connectivity index (χ1v) is 9.52. The highest BCUT2D eigenvalue weighted by Gasteiger charge is 2.16. The van der Waals surface area contributed by atoms with Crippen molar-refractivity contribution < 1.29 is 19.1 Å². The number of anilines is 1. The molecule has 0 fully saturated rings. The zero-order chi connectivity index (χ0) is 22.3. The highest BCUT2D eigenvalue weighted by Crippen LogP contribution is 2.28. The number of methoxy groups -OCH3 is 1. The van der Waals surface area contributed by atoms with Crippen molar-refractivity contribution in [3.63, 3.8) is 0 Å². The Morgan fingerprint density at radius 1 is 1.27 bits per heavy atom. The second kappa shape index (κ2) is 9.87. The number of nitrogens with zero attached hydrogens (tertiary/aromatic N) is 2. The zero-order valence-corrected chi connectivity index (χ0v) is 18.0. The average molecular weight is 412 g/mol. The standard InChI is InChI=1S/C22H28N4O4/c1-14-16-8-7-15(20(27)29-6)13-18(16)26-19(17(14)9-10-23-5)24-11-12-25-21(28)30-22(2,3)4/h7-10,13H,5,11-12H2,1-4,6H3,(H,24,26)(H,25,28)/b10-9-. The van der Waals surface area contributed by atoms with Gasteiger partial charge in [0.05, 0.1) is 18.2 Å². The third-order valence-electron chi connectivity index (χ3n) is 4.15. The van der Waals surface area contributed by atoms with Gasteiger partial charge in [-0.1, -0.05) is 6.07 Å². The molecule has 30 heavy (non-hydrogen) atoms. The first-order valence-electron chi connectivity index (χ1n) is 9.52. The molecule has 0 unspecified atom stereocenters. The van der Waals surface area contributed by atoms with Gasteiger partial charge in [0.2, 0.25) is 0 Å². The van der Waals surface area contributed by atoms with Crippen molar-refractivity contribution in [2.45, 2.75) is 33.3 Å². The predicted octanol–water partition coefficient (Wildman–Crippen LogP) is 3.94. The second-order valence-corrected chi connectivity index (χ2v) is 7.58. The number of rotatable bonds is 7. The van der Waals surface area contributed by atoms with Crippen LogP contribution in [0, 0.1) is 6.92 Å². The molecule has 8 heteroatoms. The Hall–Kier alpha value is -3.42. The SMILES string of the molecule is C=N/C=C\c1c(NCCNC(=O)OC(C)(C)C)nc2cc(C(=O)OC)ccc2c1C. The average Bonchev–Trinajstić information content (AvgIpc) is 2.68. The lowest BCUT2D eigenvalue weighted by molar-refractivity contribution is 0.0528. The van der Waals surface area contributed by atoms with Crippen LogP contribution in [0.15, 0.2) is 29.4 Å². The summed E-state index contributed by atoms with van der Waals surface area (Å²) in [6, 6.07) is 5.24. The minimum atomic E-state index is -0.554. The molecule has 0 spiro atoms. The lowest BCUT2D eigenvalue weighted by Gasteiger charge is -2.20. The van der Waals surface area contributed by atoms with E-state index in [9.17, 15) is 9.59 Å². The van der Waals surface area contributed by atoms with Crippen molar-refractivity contribution in [3.8, 4) is 0 Å². The van der Waals surface area contributed by atoms with Crippen LogP contribution in [-0.2, 0) is 9.47 Å². The number of carbonyl (C=O) groups excluding carboxylic acids is 2. The van der Waals surface area contributed by atoms with Gasteiger partial charge >= 0.3 is 12.1 Å².